The maximum atomic E-state index is 12.2. The smallest absolute Gasteiger partial charge is 0.245 e. The quantitative estimate of drug-likeness (QED) is 0.739. The van der Waals surface area contributed by atoms with Crippen LogP contribution in [0.4, 0.5) is 0 Å². The Bertz CT molecular complexity index is 498. The fraction of sp³-hybridized carbons (Fsp3) is 0.692. The summed E-state index contributed by atoms with van der Waals surface area (Å²) in [6.07, 6.45) is 1.59. The number of hydrogen-bond acceptors (Lipinski definition) is 5. The number of amides is 2. The third kappa shape index (κ3) is 4.82. The lowest BCUT2D eigenvalue weighted by Gasteiger charge is -2.26. The molecule has 0 aliphatic heterocycles. The zero-order chi connectivity index (χ0) is 16.0. The SMILES string of the molecule is COCCn1cnnc1[C@H](C)NC(=O)C(C)(C)NC(C)=O. The fourth-order valence-electron chi connectivity index (χ4n) is 1.90. The van der Waals surface area contributed by atoms with Crippen LogP contribution in [0.25, 0.3) is 0 Å². The number of carbonyl (C=O) groups is 2. The molecule has 1 rings (SSSR count). The molecule has 0 unspecified atom stereocenters. The van der Waals surface area contributed by atoms with Crippen LogP contribution in [0.15, 0.2) is 6.33 Å². The van der Waals surface area contributed by atoms with Gasteiger partial charge >= 0.3 is 0 Å². The van der Waals surface area contributed by atoms with Crippen molar-refractivity contribution >= 4 is 11.8 Å². The Morgan fingerprint density at radius 2 is 2.14 bits per heavy atom. The predicted molar refractivity (Wildman–Crippen MR) is 76.4 cm³/mol. The second kappa shape index (κ2) is 7.16. The van der Waals surface area contributed by atoms with Gasteiger partial charge in [-0.25, -0.2) is 0 Å². The summed E-state index contributed by atoms with van der Waals surface area (Å²) in [5.41, 5.74) is -0.989. The molecule has 1 heterocycles. The van der Waals surface area contributed by atoms with Crippen LogP contribution in [0.3, 0.4) is 0 Å². The van der Waals surface area contributed by atoms with E-state index in [1.807, 2.05) is 11.5 Å². The minimum atomic E-state index is -0.989. The van der Waals surface area contributed by atoms with Gasteiger partial charge in [-0.15, -0.1) is 10.2 Å². The maximum Gasteiger partial charge on any atom is 0.245 e. The molecule has 0 spiro atoms. The summed E-state index contributed by atoms with van der Waals surface area (Å²) in [5, 5.41) is 13.3. The Morgan fingerprint density at radius 3 is 2.71 bits per heavy atom. The van der Waals surface area contributed by atoms with E-state index in [-0.39, 0.29) is 17.9 Å². The number of methoxy groups -OCH3 is 1. The molecule has 8 heteroatoms. The predicted octanol–water partition coefficient (Wildman–Crippen LogP) is 0.0164. The van der Waals surface area contributed by atoms with Crippen LogP contribution >= 0.6 is 0 Å². The molecule has 0 aliphatic rings. The van der Waals surface area contributed by atoms with E-state index in [9.17, 15) is 9.59 Å². The van der Waals surface area contributed by atoms with Crippen molar-refractivity contribution in [3.05, 3.63) is 12.2 Å². The Hall–Kier alpha value is -1.96. The number of carbonyl (C=O) groups excluding carboxylic acids is 2. The van der Waals surface area contributed by atoms with Crippen LogP contribution in [-0.4, -0.2) is 45.8 Å². The number of nitrogens with one attached hydrogen (secondary N) is 2. The number of ether oxygens (including phenoxy) is 1. The number of hydrogen-bond donors (Lipinski definition) is 2. The first kappa shape index (κ1) is 17.1. The first-order valence-electron chi connectivity index (χ1n) is 6.74. The molecule has 2 N–H and O–H groups in total. The van der Waals surface area contributed by atoms with E-state index in [4.69, 9.17) is 4.74 Å². The van der Waals surface area contributed by atoms with Crippen molar-refractivity contribution in [3.63, 3.8) is 0 Å². The Morgan fingerprint density at radius 1 is 1.48 bits per heavy atom. The lowest BCUT2D eigenvalue weighted by molar-refractivity contribution is -0.132. The van der Waals surface area contributed by atoms with Gasteiger partial charge in [0, 0.05) is 20.6 Å². The fourth-order valence-corrected chi connectivity index (χ4v) is 1.90. The van der Waals surface area contributed by atoms with Gasteiger partial charge in [-0.2, -0.15) is 0 Å². The average Bonchev–Trinajstić information content (AvgIpc) is 2.82. The van der Waals surface area contributed by atoms with Crippen molar-refractivity contribution < 1.29 is 14.3 Å². The molecular formula is C13H23N5O3. The molecule has 0 saturated carbocycles. The zero-order valence-corrected chi connectivity index (χ0v) is 13.1. The zero-order valence-electron chi connectivity index (χ0n) is 13.1. The minimum Gasteiger partial charge on any atom is -0.383 e. The van der Waals surface area contributed by atoms with Crippen LogP contribution in [0, 0.1) is 0 Å². The Kier molecular flexibility index (Phi) is 5.83. The second-order valence-electron chi connectivity index (χ2n) is 5.38. The topological polar surface area (TPSA) is 98.1 Å². The standard InChI is InChI=1S/C13H23N5O3/c1-9(11-17-14-8-18(11)6-7-21-5)15-12(20)13(3,4)16-10(2)19/h8-9H,6-7H2,1-5H3,(H,15,20)(H,16,19)/t9-/m0/s1. The van der Waals surface area contributed by atoms with E-state index in [0.29, 0.717) is 19.0 Å². The van der Waals surface area contributed by atoms with E-state index in [0.717, 1.165) is 0 Å². The Labute approximate surface area is 124 Å². The summed E-state index contributed by atoms with van der Waals surface area (Å²) in [7, 11) is 1.62. The van der Waals surface area contributed by atoms with E-state index < -0.39 is 5.54 Å². The van der Waals surface area contributed by atoms with Gasteiger partial charge in [0.2, 0.25) is 11.8 Å². The third-order valence-corrected chi connectivity index (χ3v) is 2.97. The van der Waals surface area contributed by atoms with E-state index >= 15 is 0 Å². The third-order valence-electron chi connectivity index (χ3n) is 2.97. The summed E-state index contributed by atoms with van der Waals surface area (Å²) in [4.78, 5) is 23.3. The van der Waals surface area contributed by atoms with Gasteiger partial charge in [-0.1, -0.05) is 0 Å². The highest BCUT2D eigenvalue weighted by Gasteiger charge is 2.30. The molecule has 0 aliphatic carbocycles. The largest absolute Gasteiger partial charge is 0.383 e. The van der Waals surface area contributed by atoms with Crippen LogP contribution in [0.1, 0.15) is 39.6 Å². The summed E-state index contributed by atoms with van der Waals surface area (Å²) >= 11 is 0. The van der Waals surface area contributed by atoms with E-state index in [1.54, 1.807) is 27.3 Å². The molecule has 8 nitrogen and oxygen atoms in total. The molecule has 0 fully saturated rings. The highest BCUT2D eigenvalue weighted by Crippen LogP contribution is 2.11. The van der Waals surface area contributed by atoms with Crippen LogP contribution in [0.5, 0.6) is 0 Å². The van der Waals surface area contributed by atoms with Crippen LogP contribution in [-0.2, 0) is 20.9 Å². The molecule has 2 amide bonds. The molecule has 1 atom stereocenters. The number of aromatic nitrogens is 3. The first-order valence-corrected chi connectivity index (χ1v) is 6.74. The van der Waals surface area contributed by atoms with Gasteiger partial charge in [-0.05, 0) is 20.8 Å². The van der Waals surface area contributed by atoms with Crippen molar-refractivity contribution in [2.75, 3.05) is 13.7 Å². The average molecular weight is 297 g/mol. The van der Waals surface area contributed by atoms with Crippen LogP contribution < -0.4 is 10.6 Å². The van der Waals surface area contributed by atoms with Gasteiger partial charge in [0.15, 0.2) is 5.82 Å². The molecule has 0 radical (unpaired) electrons. The monoisotopic (exact) mass is 297 g/mol. The lowest BCUT2D eigenvalue weighted by atomic mass is 10.0. The highest BCUT2D eigenvalue weighted by atomic mass is 16.5. The summed E-state index contributed by atoms with van der Waals surface area (Å²) in [5.74, 6) is 0.0941. The van der Waals surface area contributed by atoms with E-state index in [2.05, 4.69) is 20.8 Å². The van der Waals surface area contributed by atoms with Gasteiger partial charge in [0.05, 0.1) is 12.6 Å². The molecule has 21 heavy (non-hydrogen) atoms. The van der Waals surface area contributed by atoms with Crippen molar-refractivity contribution in [2.24, 2.45) is 0 Å². The van der Waals surface area contributed by atoms with Crippen molar-refractivity contribution in [3.8, 4) is 0 Å². The summed E-state index contributed by atoms with van der Waals surface area (Å²) in [6, 6.07) is -0.329. The molecule has 1 aromatic rings. The maximum absolute atomic E-state index is 12.2. The lowest BCUT2D eigenvalue weighted by Crippen LogP contribution is -2.54. The molecular weight excluding hydrogens is 274 g/mol. The van der Waals surface area contributed by atoms with Gasteiger partial charge in [-0.3, -0.25) is 9.59 Å². The van der Waals surface area contributed by atoms with Gasteiger partial charge < -0.3 is 19.9 Å². The van der Waals surface area contributed by atoms with Gasteiger partial charge in [0.1, 0.15) is 11.9 Å². The molecule has 0 aromatic carbocycles. The minimum absolute atomic E-state index is 0.258. The Balaban J connectivity index is 2.72. The summed E-state index contributed by atoms with van der Waals surface area (Å²) < 4.78 is 6.84. The van der Waals surface area contributed by atoms with Crippen LogP contribution in [0.2, 0.25) is 0 Å². The molecule has 118 valence electrons. The molecule has 0 bridgehead atoms. The van der Waals surface area contributed by atoms with Crippen molar-refractivity contribution in [1.82, 2.24) is 25.4 Å². The van der Waals surface area contributed by atoms with Crippen molar-refractivity contribution in [2.45, 2.75) is 45.8 Å². The normalized spacial score (nSPS) is 12.8. The first-order chi connectivity index (χ1) is 9.77. The van der Waals surface area contributed by atoms with E-state index in [1.165, 1.54) is 6.92 Å². The highest BCUT2D eigenvalue weighted by molar-refractivity contribution is 5.90. The second-order valence-corrected chi connectivity index (χ2v) is 5.38. The molecule has 1 aromatic heterocycles. The van der Waals surface area contributed by atoms with Crippen molar-refractivity contribution in [1.29, 1.82) is 0 Å². The number of nitrogens with zero attached hydrogens (tertiary/aromatic N) is 3. The number of rotatable bonds is 7. The summed E-state index contributed by atoms with van der Waals surface area (Å²) in [6.45, 7) is 7.62. The van der Waals surface area contributed by atoms with Gasteiger partial charge in [0.25, 0.3) is 0 Å². The molecule has 0 saturated heterocycles.